The number of carboxylic acid groups (broad SMARTS) is 1. The molecule has 4 rings (SSSR count). The molecular weight excluding hydrogens is 539 g/mol. The quantitative estimate of drug-likeness (QED) is 0.343. The Labute approximate surface area is 214 Å². The topological polar surface area (TPSA) is 125 Å². The van der Waals surface area contributed by atoms with Crippen LogP contribution in [0.15, 0.2) is 52.1 Å². The van der Waals surface area contributed by atoms with E-state index < -0.39 is 32.9 Å². The molecule has 1 aliphatic rings. The maximum absolute atomic E-state index is 14.9. The van der Waals surface area contributed by atoms with Crippen LogP contribution in [0.2, 0.25) is 0 Å². The molecule has 1 fully saturated rings. The van der Waals surface area contributed by atoms with Crippen molar-refractivity contribution in [3.63, 3.8) is 0 Å². The minimum atomic E-state index is -5.08. The molecule has 0 radical (unpaired) electrons. The summed E-state index contributed by atoms with van der Waals surface area (Å²) >= 11 is 0. The zero-order valence-electron chi connectivity index (χ0n) is 19.8. The molecule has 0 amide bonds. The zero-order chi connectivity index (χ0) is 28.1. The Kier molecular flexibility index (Phi) is 8.93. The van der Waals surface area contributed by atoms with Gasteiger partial charge in [-0.1, -0.05) is 17.3 Å². The first-order valence-electron chi connectivity index (χ1n) is 11.0. The van der Waals surface area contributed by atoms with Crippen LogP contribution in [0, 0.1) is 18.6 Å². The Morgan fingerprint density at radius 3 is 2.39 bits per heavy atom. The smallest absolute Gasteiger partial charge is 0.475 e. The minimum absolute atomic E-state index is 0.0476. The molecule has 38 heavy (non-hydrogen) atoms. The summed E-state index contributed by atoms with van der Waals surface area (Å²) in [7, 11) is -4.18. The number of hydrogen-bond acceptors (Lipinski definition) is 7. The second-order valence-corrected chi connectivity index (χ2v) is 9.85. The number of sulfonamides is 1. The Balaban J connectivity index is 0.000000505. The third-order valence-electron chi connectivity index (χ3n) is 5.57. The first-order valence-corrected chi connectivity index (χ1v) is 12.5. The number of aliphatic carboxylic acids is 1. The lowest BCUT2D eigenvalue weighted by molar-refractivity contribution is -0.192. The Morgan fingerprint density at radius 2 is 1.84 bits per heavy atom. The molecule has 206 valence electrons. The number of carbonyl (C=O) groups is 1. The number of likely N-dealkylation sites (tertiary alicyclic amines) is 1. The van der Waals surface area contributed by atoms with Crippen LogP contribution in [0.3, 0.4) is 0 Å². The van der Waals surface area contributed by atoms with Gasteiger partial charge < -0.3 is 14.9 Å². The summed E-state index contributed by atoms with van der Waals surface area (Å²) in [5.41, 5.74) is 1.89. The number of hydrogen-bond donors (Lipinski definition) is 3. The SMILES string of the molecule is Cc1c(NCc2c(F)cccc2CN2CCC2)ccc(S(=O)(=O)Nc2ccon2)c1F.O=C(O)C(F)(F)F. The summed E-state index contributed by atoms with van der Waals surface area (Å²) in [5.74, 6) is -4.03. The van der Waals surface area contributed by atoms with Crippen LogP contribution in [0.1, 0.15) is 23.1 Å². The van der Waals surface area contributed by atoms with Crippen LogP contribution in [-0.2, 0) is 27.9 Å². The summed E-state index contributed by atoms with van der Waals surface area (Å²) < 4.78 is 92.8. The number of carboxylic acids is 1. The van der Waals surface area contributed by atoms with E-state index >= 15 is 0 Å². The molecule has 0 atom stereocenters. The van der Waals surface area contributed by atoms with E-state index in [9.17, 15) is 30.4 Å². The summed E-state index contributed by atoms with van der Waals surface area (Å²) in [6, 6.07) is 8.90. The Bertz CT molecular complexity index is 1380. The van der Waals surface area contributed by atoms with Crippen molar-refractivity contribution in [3.8, 4) is 0 Å². The molecule has 0 aliphatic carbocycles. The van der Waals surface area contributed by atoms with Crippen molar-refractivity contribution in [1.29, 1.82) is 0 Å². The van der Waals surface area contributed by atoms with Gasteiger partial charge in [0, 0.05) is 36.0 Å². The van der Waals surface area contributed by atoms with Crippen LogP contribution in [-0.4, -0.2) is 48.8 Å². The molecule has 0 saturated carbocycles. The summed E-state index contributed by atoms with van der Waals surface area (Å²) in [6.45, 7) is 4.26. The summed E-state index contributed by atoms with van der Waals surface area (Å²) in [4.78, 5) is 10.6. The standard InChI is InChI=1S/C21H22F2N4O3S.C2HF3O2/c1-14-18(6-7-19(21(14)23)31(28,29)26-20-8-11-30-25-20)24-12-16-15(4-2-5-17(16)22)13-27-9-3-10-27;3-2(4,5)1(6)7/h2,4-8,11,24H,3,9-10,12-13H2,1H3,(H,25,26);(H,6,7). The van der Waals surface area contributed by atoms with E-state index in [1.54, 1.807) is 6.07 Å². The maximum atomic E-state index is 14.9. The minimum Gasteiger partial charge on any atom is -0.475 e. The van der Waals surface area contributed by atoms with Gasteiger partial charge in [-0.25, -0.2) is 22.0 Å². The van der Waals surface area contributed by atoms with Gasteiger partial charge in [0.25, 0.3) is 10.0 Å². The van der Waals surface area contributed by atoms with Crippen molar-refractivity contribution >= 4 is 27.5 Å². The second-order valence-electron chi connectivity index (χ2n) is 8.20. The number of nitrogens with zero attached hydrogens (tertiary/aromatic N) is 2. The van der Waals surface area contributed by atoms with Crippen molar-refractivity contribution in [2.75, 3.05) is 23.1 Å². The number of rotatable bonds is 8. The van der Waals surface area contributed by atoms with Crippen molar-refractivity contribution < 1.29 is 44.8 Å². The molecule has 1 saturated heterocycles. The molecule has 1 aliphatic heterocycles. The molecule has 2 aromatic carbocycles. The monoisotopic (exact) mass is 562 g/mol. The van der Waals surface area contributed by atoms with Crippen LogP contribution >= 0.6 is 0 Å². The molecule has 3 N–H and O–H groups in total. The highest BCUT2D eigenvalue weighted by Gasteiger charge is 2.38. The van der Waals surface area contributed by atoms with E-state index in [1.165, 1.54) is 31.4 Å². The van der Waals surface area contributed by atoms with Gasteiger partial charge in [-0.2, -0.15) is 13.2 Å². The largest absolute Gasteiger partial charge is 0.490 e. The molecule has 0 spiro atoms. The zero-order valence-corrected chi connectivity index (χ0v) is 20.7. The van der Waals surface area contributed by atoms with Gasteiger partial charge in [0.05, 0.1) is 0 Å². The van der Waals surface area contributed by atoms with Gasteiger partial charge >= 0.3 is 12.1 Å². The Hall–Kier alpha value is -3.72. The van der Waals surface area contributed by atoms with Crippen LogP contribution in [0.5, 0.6) is 0 Å². The fourth-order valence-electron chi connectivity index (χ4n) is 3.43. The van der Waals surface area contributed by atoms with Crippen molar-refractivity contribution in [2.45, 2.75) is 37.5 Å². The maximum Gasteiger partial charge on any atom is 0.490 e. The molecule has 0 bridgehead atoms. The Morgan fingerprint density at radius 1 is 1.16 bits per heavy atom. The van der Waals surface area contributed by atoms with E-state index in [0.717, 1.165) is 31.1 Å². The highest BCUT2D eigenvalue weighted by molar-refractivity contribution is 7.92. The van der Waals surface area contributed by atoms with Crippen LogP contribution < -0.4 is 10.0 Å². The van der Waals surface area contributed by atoms with Gasteiger partial charge in [-0.3, -0.25) is 9.62 Å². The lowest BCUT2D eigenvalue weighted by Crippen LogP contribution is -2.36. The van der Waals surface area contributed by atoms with Crippen LogP contribution in [0.25, 0.3) is 0 Å². The average molecular weight is 563 g/mol. The fraction of sp³-hybridized carbons (Fsp3) is 0.304. The van der Waals surface area contributed by atoms with Crippen LogP contribution in [0.4, 0.5) is 33.5 Å². The summed E-state index contributed by atoms with van der Waals surface area (Å²) in [6.07, 6.45) is -2.74. The normalized spacial score (nSPS) is 13.7. The van der Waals surface area contributed by atoms with Crippen molar-refractivity contribution in [2.24, 2.45) is 0 Å². The number of anilines is 2. The van der Waals surface area contributed by atoms with E-state index in [0.29, 0.717) is 17.8 Å². The molecule has 2 heterocycles. The third-order valence-corrected chi connectivity index (χ3v) is 6.95. The van der Waals surface area contributed by atoms with Crippen molar-refractivity contribution in [3.05, 3.63) is 71.0 Å². The van der Waals surface area contributed by atoms with Gasteiger partial charge in [-0.05, 0) is 50.2 Å². The molecular formula is C23H23F5N4O5S. The predicted molar refractivity (Wildman–Crippen MR) is 126 cm³/mol. The fourth-order valence-corrected chi connectivity index (χ4v) is 4.56. The number of benzene rings is 2. The highest BCUT2D eigenvalue weighted by Crippen LogP contribution is 2.27. The molecule has 0 unspecified atom stereocenters. The number of halogens is 5. The molecule has 15 heteroatoms. The van der Waals surface area contributed by atoms with E-state index in [-0.39, 0.29) is 23.7 Å². The summed E-state index contributed by atoms with van der Waals surface area (Å²) in [5, 5.41) is 13.6. The number of aromatic nitrogens is 1. The van der Waals surface area contributed by atoms with Gasteiger partial charge in [0.15, 0.2) is 5.82 Å². The lowest BCUT2D eigenvalue weighted by Gasteiger charge is -2.31. The molecule has 9 nitrogen and oxygen atoms in total. The number of nitrogens with one attached hydrogen (secondary N) is 2. The predicted octanol–water partition coefficient (Wildman–Crippen LogP) is 4.51. The first kappa shape index (κ1) is 28.8. The lowest BCUT2D eigenvalue weighted by atomic mass is 10.0. The van der Waals surface area contributed by atoms with Gasteiger partial charge in [0.1, 0.15) is 22.8 Å². The second kappa shape index (κ2) is 11.8. The number of alkyl halides is 3. The average Bonchev–Trinajstić information content (AvgIpc) is 3.30. The van der Waals surface area contributed by atoms with Crippen molar-refractivity contribution in [1.82, 2.24) is 10.1 Å². The third kappa shape index (κ3) is 7.19. The first-order chi connectivity index (χ1) is 17.8. The van der Waals surface area contributed by atoms with Gasteiger partial charge in [-0.15, -0.1) is 0 Å². The highest BCUT2D eigenvalue weighted by atomic mass is 32.2. The van der Waals surface area contributed by atoms with E-state index in [4.69, 9.17) is 9.90 Å². The van der Waals surface area contributed by atoms with Gasteiger partial charge in [0.2, 0.25) is 0 Å². The molecule has 3 aromatic rings. The van der Waals surface area contributed by atoms with E-state index in [2.05, 4.69) is 24.6 Å². The molecule has 1 aromatic heterocycles. The van der Waals surface area contributed by atoms with E-state index in [1.807, 2.05) is 6.07 Å².